The molecule has 1 atom stereocenters. The van der Waals surface area contributed by atoms with Crippen LogP contribution in [0.2, 0.25) is 5.02 Å². The summed E-state index contributed by atoms with van der Waals surface area (Å²) in [5.41, 5.74) is 9.03. The number of rotatable bonds is 5. The molecule has 1 aliphatic carbocycles. The number of ether oxygens (including phenoxy) is 1. The molecule has 3 heterocycles. The molecule has 1 amide bonds. The lowest BCUT2D eigenvalue weighted by atomic mass is 9.86. The number of aromatic nitrogens is 2. The molecule has 0 aliphatic heterocycles. The summed E-state index contributed by atoms with van der Waals surface area (Å²) in [6, 6.07) is 10.5. The van der Waals surface area contributed by atoms with E-state index < -0.39 is 0 Å². The SMILES string of the molecule is COc1ccc(-c2c(Cl)c(Cn3c(O)ccc3O)nc3sc4c(c23)CC[C@H](C(N)=O)C4)cc1. The van der Waals surface area contributed by atoms with Crippen molar-refractivity contribution in [3.63, 3.8) is 0 Å². The van der Waals surface area contributed by atoms with E-state index in [-0.39, 0.29) is 30.1 Å². The minimum Gasteiger partial charge on any atom is -0.497 e. The number of primary amides is 1. The summed E-state index contributed by atoms with van der Waals surface area (Å²) < 4.78 is 6.65. The quantitative estimate of drug-likeness (QED) is 0.387. The van der Waals surface area contributed by atoms with Crippen LogP contribution in [0.4, 0.5) is 0 Å². The second-order valence-corrected chi connectivity index (χ2v) is 9.60. The molecule has 1 aromatic carbocycles. The van der Waals surface area contributed by atoms with Crippen molar-refractivity contribution in [2.75, 3.05) is 7.11 Å². The summed E-state index contributed by atoms with van der Waals surface area (Å²) in [5, 5.41) is 21.7. The number of amides is 1. The van der Waals surface area contributed by atoms with Crippen LogP contribution in [0.25, 0.3) is 21.3 Å². The fourth-order valence-corrected chi connectivity index (χ4v) is 6.10. The zero-order valence-electron chi connectivity index (χ0n) is 17.8. The number of pyridine rings is 1. The van der Waals surface area contributed by atoms with Crippen molar-refractivity contribution in [2.24, 2.45) is 11.7 Å². The third-order valence-electron chi connectivity index (χ3n) is 6.23. The second-order valence-electron chi connectivity index (χ2n) is 8.14. The number of nitrogens with zero attached hydrogens (tertiary/aromatic N) is 2. The van der Waals surface area contributed by atoms with Gasteiger partial charge in [-0.1, -0.05) is 23.7 Å². The number of benzene rings is 1. The Hall–Kier alpha value is -3.23. The van der Waals surface area contributed by atoms with Gasteiger partial charge in [0.1, 0.15) is 10.6 Å². The van der Waals surface area contributed by atoms with E-state index >= 15 is 0 Å². The van der Waals surface area contributed by atoms with Crippen molar-refractivity contribution in [3.05, 3.63) is 57.6 Å². The van der Waals surface area contributed by atoms with Gasteiger partial charge in [-0.05, 0) is 42.5 Å². The number of halogens is 1. The Kier molecular flexibility index (Phi) is 5.42. The lowest BCUT2D eigenvalue weighted by Crippen LogP contribution is -2.27. The lowest BCUT2D eigenvalue weighted by molar-refractivity contribution is -0.122. The van der Waals surface area contributed by atoms with Crippen LogP contribution in [-0.2, 0) is 24.2 Å². The molecule has 33 heavy (non-hydrogen) atoms. The first-order valence-corrected chi connectivity index (χ1v) is 11.7. The number of thiophene rings is 1. The van der Waals surface area contributed by atoms with E-state index in [1.54, 1.807) is 18.4 Å². The van der Waals surface area contributed by atoms with Crippen LogP contribution in [0.15, 0.2) is 36.4 Å². The largest absolute Gasteiger partial charge is 0.497 e. The number of carbonyl (C=O) groups is 1. The summed E-state index contributed by atoms with van der Waals surface area (Å²) in [4.78, 5) is 18.5. The van der Waals surface area contributed by atoms with Crippen LogP contribution < -0.4 is 10.5 Å². The molecular formula is C24H22ClN3O4S. The molecule has 9 heteroatoms. The molecule has 3 aromatic heterocycles. The zero-order chi connectivity index (χ0) is 23.3. The maximum atomic E-state index is 11.8. The van der Waals surface area contributed by atoms with Crippen LogP contribution in [-0.4, -0.2) is 32.8 Å². The van der Waals surface area contributed by atoms with Crippen molar-refractivity contribution in [1.82, 2.24) is 9.55 Å². The number of nitrogens with two attached hydrogens (primary N) is 1. The fourth-order valence-electron chi connectivity index (χ4n) is 4.47. The molecule has 7 nitrogen and oxygen atoms in total. The first-order chi connectivity index (χ1) is 15.9. The minimum absolute atomic E-state index is 0.0776. The van der Waals surface area contributed by atoms with Gasteiger partial charge in [0.15, 0.2) is 11.8 Å². The molecule has 0 saturated heterocycles. The Morgan fingerprint density at radius 2 is 1.94 bits per heavy atom. The highest BCUT2D eigenvalue weighted by atomic mass is 35.5. The molecule has 5 rings (SSSR count). The van der Waals surface area contributed by atoms with Crippen molar-refractivity contribution >= 4 is 39.1 Å². The molecule has 0 radical (unpaired) electrons. The fraction of sp³-hybridized carbons (Fsp3) is 0.250. The number of fused-ring (bicyclic) bond motifs is 3. The predicted octanol–water partition coefficient (Wildman–Crippen LogP) is 4.48. The maximum Gasteiger partial charge on any atom is 0.220 e. The van der Waals surface area contributed by atoms with Gasteiger partial charge in [-0.3, -0.25) is 9.36 Å². The van der Waals surface area contributed by atoms with Crippen molar-refractivity contribution in [1.29, 1.82) is 0 Å². The highest BCUT2D eigenvalue weighted by molar-refractivity contribution is 7.19. The number of aromatic hydroxyl groups is 2. The average Bonchev–Trinajstić information content (AvgIpc) is 3.33. The number of methoxy groups -OCH3 is 1. The molecule has 0 saturated carbocycles. The van der Waals surface area contributed by atoms with Crippen LogP contribution >= 0.6 is 22.9 Å². The van der Waals surface area contributed by atoms with E-state index in [1.807, 2.05) is 24.3 Å². The van der Waals surface area contributed by atoms with E-state index in [2.05, 4.69) is 0 Å². The van der Waals surface area contributed by atoms with Gasteiger partial charge in [-0.15, -0.1) is 11.3 Å². The zero-order valence-corrected chi connectivity index (χ0v) is 19.4. The highest BCUT2D eigenvalue weighted by Crippen LogP contribution is 2.46. The Balaban J connectivity index is 1.73. The van der Waals surface area contributed by atoms with E-state index in [0.717, 1.165) is 44.0 Å². The molecule has 0 spiro atoms. The van der Waals surface area contributed by atoms with Gasteiger partial charge in [-0.25, -0.2) is 4.98 Å². The van der Waals surface area contributed by atoms with Crippen LogP contribution in [0.1, 0.15) is 22.6 Å². The Morgan fingerprint density at radius 1 is 1.24 bits per heavy atom. The summed E-state index contributed by atoms with van der Waals surface area (Å²) in [6.45, 7) is 0.106. The average molecular weight is 484 g/mol. The molecule has 4 N–H and O–H groups in total. The standard InChI is InChI=1S/C24H22ClN3O4S/c1-32-14-5-2-12(3-6-14)20-21-15-7-4-13(23(26)31)10-17(15)33-24(21)27-16(22(20)25)11-28-18(29)8-9-19(28)30/h2-3,5-6,8-9,13,29-30H,4,7,10-11H2,1H3,(H2,26,31)/t13-/m0/s1. The first-order valence-electron chi connectivity index (χ1n) is 10.5. The van der Waals surface area contributed by atoms with Crippen molar-refractivity contribution < 1.29 is 19.7 Å². The second kappa shape index (κ2) is 8.28. The molecule has 0 unspecified atom stereocenters. The normalized spacial score (nSPS) is 15.5. The van der Waals surface area contributed by atoms with Gasteiger partial charge in [-0.2, -0.15) is 0 Å². The number of hydrogen-bond donors (Lipinski definition) is 3. The molecule has 0 bridgehead atoms. The maximum absolute atomic E-state index is 11.8. The van der Waals surface area contributed by atoms with Crippen molar-refractivity contribution in [2.45, 2.75) is 25.8 Å². The predicted molar refractivity (Wildman–Crippen MR) is 128 cm³/mol. The molecular weight excluding hydrogens is 462 g/mol. The molecule has 1 aliphatic rings. The monoisotopic (exact) mass is 483 g/mol. The third-order valence-corrected chi connectivity index (χ3v) is 7.78. The highest BCUT2D eigenvalue weighted by Gasteiger charge is 2.29. The Morgan fingerprint density at radius 3 is 2.58 bits per heavy atom. The van der Waals surface area contributed by atoms with E-state index in [4.69, 9.17) is 27.1 Å². The molecule has 4 aromatic rings. The summed E-state index contributed by atoms with van der Waals surface area (Å²) >= 11 is 8.50. The Labute approximate surface area is 199 Å². The van der Waals surface area contributed by atoms with Gasteiger partial charge in [0.25, 0.3) is 0 Å². The topological polar surface area (TPSA) is 111 Å². The minimum atomic E-state index is -0.279. The van der Waals surface area contributed by atoms with E-state index in [1.165, 1.54) is 16.7 Å². The smallest absolute Gasteiger partial charge is 0.220 e. The van der Waals surface area contributed by atoms with Gasteiger partial charge >= 0.3 is 0 Å². The summed E-state index contributed by atoms with van der Waals surface area (Å²) in [5.74, 6) is 0.120. The van der Waals surface area contributed by atoms with Gasteiger partial charge in [0.05, 0.1) is 24.4 Å². The van der Waals surface area contributed by atoms with Crippen LogP contribution in [0.3, 0.4) is 0 Å². The van der Waals surface area contributed by atoms with Crippen LogP contribution in [0.5, 0.6) is 17.5 Å². The van der Waals surface area contributed by atoms with Crippen LogP contribution in [0, 0.1) is 5.92 Å². The third kappa shape index (κ3) is 3.69. The molecule has 170 valence electrons. The van der Waals surface area contributed by atoms with Crippen molar-refractivity contribution in [3.8, 4) is 28.6 Å². The number of aryl methyl sites for hydroxylation is 1. The molecule has 0 fully saturated rings. The summed E-state index contributed by atoms with van der Waals surface area (Å²) in [7, 11) is 1.62. The first kappa shape index (κ1) is 21.6. The number of hydrogen-bond acceptors (Lipinski definition) is 6. The van der Waals surface area contributed by atoms with E-state index in [0.29, 0.717) is 23.6 Å². The van der Waals surface area contributed by atoms with Gasteiger partial charge < -0.3 is 20.7 Å². The Bertz CT molecular complexity index is 1360. The van der Waals surface area contributed by atoms with Gasteiger partial charge in [0, 0.05) is 33.9 Å². The van der Waals surface area contributed by atoms with E-state index in [9.17, 15) is 15.0 Å². The lowest BCUT2D eigenvalue weighted by Gasteiger charge is -2.20. The van der Waals surface area contributed by atoms with Gasteiger partial charge in [0.2, 0.25) is 5.91 Å². The summed E-state index contributed by atoms with van der Waals surface area (Å²) in [6.07, 6.45) is 2.02. The number of carbonyl (C=O) groups excluding carboxylic acids is 1.